The Kier molecular flexibility index (Phi) is 5.24. The standard InChI is InChI=1S/C19H13ClFN3O2/c20-12-4-8-14(9-5-12)22-18(25)16-2-1-3-17(24-16)19(26)23-15-10-6-13(21)7-11-15/h1-11H,(H,22,25)(H,23,26). The molecule has 0 radical (unpaired) electrons. The molecule has 0 aliphatic carbocycles. The summed E-state index contributed by atoms with van der Waals surface area (Å²) >= 11 is 5.81. The SMILES string of the molecule is O=C(Nc1ccc(F)cc1)c1cccc(C(=O)Nc2ccc(Cl)cc2)n1. The molecule has 3 rings (SSSR count). The van der Waals surface area contributed by atoms with E-state index in [1.807, 2.05) is 0 Å². The van der Waals surface area contributed by atoms with Crippen molar-refractivity contribution >= 4 is 34.8 Å². The highest BCUT2D eigenvalue weighted by Gasteiger charge is 2.13. The molecule has 0 atom stereocenters. The Morgan fingerprint density at radius 3 is 1.73 bits per heavy atom. The molecule has 26 heavy (non-hydrogen) atoms. The summed E-state index contributed by atoms with van der Waals surface area (Å²) in [5.74, 6) is -1.36. The van der Waals surface area contributed by atoms with Gasteiger partial charge in [0.25, 0.3) is 11.8 Å². The van der Waals surface area contributed by atoms with E-state index in [1.165, 1.54) is 36.4 Å². The molecule has 0 fully saturated rings. The Labute approximate surface area is 153 Å². The van der Waals surface area contributed by atoms with Crippen molar-refractivity contribution in [2.75, 3.05) is 10.6 Å². The molecule has 3 aromatic rings. The summed E-state index contributed by atoms with van der Waals surface area (Å²) in [4.78, 5) is 28.6. The van der Waals surface area contributed by atoms with Crippen LogP contribution in [0.2, 0.25) is 5.02 Å². The highest BCUT2D eigenvalue weighted by atomic mass is 35.5. The van der Waals surface area contributed by atoms with Crippen LogP contribution >= 0.6 is 11.6 Å². The number of nitrogens with one attached hydrogen (secondary N) is 2. The number of pyridine rings is 1. The number of hydrogen-bond acceptors (Lipinski definition) is 3. The lowest BCUT2D eigenvalue weighted by atomic mass is 10.2. The monoisotopic (exact) mass is 369 g/mol. The lowest BCUT2D eigenvalue weighted by Crippen LogP contribution is -2.18. The third-order valence-electron chi connectivity index (χ3n) is 3.42. The van der Waals surface area contributed by atoms with Crippen LogP contribution in [-0.2, 0) is 0 Å². The van der Waals surface area contributed by atoms with E-state index < -0.39 is 17.6 Å². The van der Waals surface area contributed by atoms with Crippen LogP contribution in [-0.4, -0.2) is 16.8 Å². The Morgan fingerprint density at radius 2 is 1.23 bits per heavy atom. The molecule has 0 bridgehead atoms. The molecule has 0 spiro atoms. The van der Waals surface area contributed by atoms with Crippen LogP contribution in [0.3, 0.4) is 0 Å². The second-order valence-electron chi connectivity index (χ2n) is 5.33. The average molecular weight is 370 g/mol. The minimum Gasteiger partial charge on any atom is -0.321 e. The maximum absolute atomic E-state index is 12.9. The molecule has 1 heterocycles. The van der Waals surface area contributed by atoms with Crippen molar-refractivity contribution in [2.45, 2.75) is 0 Å². The van der Waals surface area contributed by atoms with Gasteiger partial charge in [0, 0.05) is 16.4 Å². The van der Waals surface area contributed by atoms with E-state index in [2.05, 4.69) is 15.6 Å². The second-order valence-corrected chi connectivity index (χ2v) is 5.77. The molecule has 2 amide bonds. The van der Waals surface area contributed by atoms with Gasteiger partial charge < -0.3 is 10.6 Å². The normalized spacial score (nSPS) is 10.2. The van der Waals surface area contributed by atoms with E-state index in [-0.39, 0.29) is 11.4 Å². The number of carbonyl (C=O) groups excluding carboxylic acids is 2. The van der Waals surface area contributed by atoms with Gasteiger partial charge in [0.2, 0.25) is 0 Å². The van der Waals surface area contributed by atoms with Gasteiger partial charge in [0.1, 0.15) is 17.2 Å². The largest absolute Gasteiger partial charge is 0.321 e. The molecule has 1 aromatic heterocycles. The van der Waals surface area contributed by atoms with Crippen LogP contribution in [0, 0.1) is 5.82 Å². The minimum atomic E-state index is -0.502. The van der Waals surface area contributed by atoms with Crippen LogP contribution in [0.4, 0.5) is 15.8 Å². The van der Waals surface area contributed by atoms with Gasteiger partial charge in [-0.3, -0.25) is 9.59 Å². The number of rotatable bonds is 4. The average Bonchev–Trinajstić information content (AvgIpc) is 2.65. The van der Waals surface area contributed by atoms with Gasteiger partial charge in [-0.05, 0) is 60.7 Å². The van der Waals surface area contributed by atoms with Gasteiger partial charge in [0.15, 0.2) is 0 Å². The first-order chi connectivity index (χ1) is 12.5. The molecule has 0 aliphatic rings. The first-order valence-electron chi connectivity index (χ1n) is 7.62. The lowest BCUT2D eigenvalue weighted by molar-refractivity contribution is 0.101. The molecule has 0 saturated carbocycles. The zero-order chi connectivity index (χ0) is 18.5. The maximum Gasteiger partial charge on any atom is 0.274 e. The van der Waals surface area contributed by atoms with Crippen molar-refractivity contribution in [3.05, 3.63) is 89.0 Å². The summed E-state index contributed by atoms with van der Waals surface area (Å²) in [6.45, 7) is 0. The van der Waals surface area contributed by atoms with Crippen LogP contribution in [0.25, 0.3) is 0 Å². The number of benzene rings is 2. The molecule has 2 aromatic carbocycles. The zero-order valence-electron chi connectivity index (χ0n) is 13.4. The number of aromatic nitrogens is 1. The van der Waals surface area contributed by atoms with Gasteiger partial charge in [-0.2, -0.15) is 0 Å². The Balaban J connectivity index is 1.72. The van der Waals surface area contributed by atoms with Crippen LogP contribution in [0.15, 0.2) is 66.7 Å². The van der Waals surface area contributed by atoms with Crippen molar-refractivity contribution in [3.8, 4) is 0 Å². The smallest absolute Gasteiger partial charge is 0.274 e. The third-order valence-corrected chi connectivity index (χ3v) is 3.67. The van der Waals surface area contributed by atoms with Crippen molar-refractivity contribution in [1.29, 1.82) is 0 Å². The summed E-state index contributed by atoms with van der Waals surface area (Å²) in [7, 11) is 0. The Bertz CT molecular complexity index is 869. The molecule has 0 unspecified atom stereocenters. The predicted molar refractivity (Wildman–Crippen MR) is 98.0 cm³/mol. The highest BCUT2D eigenvalue weighted by molar-refractivity contribution is 6.30. The summed E-state index contributed by atoms with van der Waals surface area (Å²) in [5, 5.41) is 5.82. The fourth-order valence-corrected chi connectivity index (χ4v) is 2.27. The van der Waals surface area contributed by atoms with E-state index >= 15 is 0 Å². The minimum absolute atomic E-state index is 0.0677. The number of halogens is 2. The van der Waals surface area contributed by atoms with Crippen LogP contribution in [0.5, 0.6) is 0 Å². The second kappa shape index (κ2) is 7.76. The summed E-state index contributed by atoms with van der Waals surface area (Å²) < 4.78 is 12.9. The summed E-state index contributed by atoms with van der Waals surface area (Å²) in [6, 6.07) is 16.5. The highest BCUT2D eigenvalue weighted by Crippen LogP contribution is 2.15. The Hall–Kier alpha value is -3.25. The van der Waals surface area contributed by atoms with E-state index in [4.69, 9.17) is 11.6 Å². The third kappa shape index (κ3) is 4.43. The van der Waals surface area contributed by atoms with E-state index in [1.54, 1.807) is 30.3 Å². The van der Waals surface area contributed by atoms with Gasteiger partial charge in [-0.15, -0.1) is 0 Å². The fourth-order valence-electron chi connectivity index (χ4n) is 2.14. The lowest BCUT2D eigenvalue weighted by Gasteiger charge is -2.07. The van der Waals surface area contributed by atoms with Crippen molar-refractivity contribution in [2.24, 2.45) is 0 Å². The molecule has 5 nitrogen and oxygen atoms in total. The molecular formula is C19H13ClFN3O2. The molecule has 2 N–H and O–H groups in total. The number of amides is 2. The number of anilines is 2. The number of hydrogen-bond donors (Lipinski definition) is 2. The first kappa shape index (κ1) is 17.6. The van der Waals surface area contributed by atoms with Crippen molar-refractivity contribution < 1.29 is 14.0 Å². The number of nitrogens with zero attached hydrogens (tertiary/aromatic N) is 1. The molecule has 0 saturated heterocycles. The van der Waals surface area contributed by atoms with Crippen molar-refractivity contribution in [1.82, 2.24) is 4.98 Å². The fraction of sp³-hybridized carbons (Fsp3) is 0. The maximum atomic E-state index is 12.9. The first-order valence-corrected chi connectivity index (χ1v) is 8.00. The topological polar surface area (TPSA) is 71.1 Å². The van der Waals surface area contributed by atoms with Crippen molar-refractivity contribution in [3.63, 3.8) is 0 Å². The molecule has 130 valence electrons. The molecular weight excluding hydrogens is 357 g/mol. The van der Waals surface area contributed by atoms with Gasteiger partial charge in [0.05, 0.1) is 0 Å². The van der Waals surface area contributed by atoms with Gasteiger partial charge >= 0.3 is 0 Å². The molecule has 7 heteroatoms. The van der Waals surface area contributed by atoms with Gasteiger partial charge in [-0.1, -0.05) is 17.7 Å². The predicted octanol–water partition coefficient (Wildman–Crippen LogP) is 4.38. The summed E-state index contributed by atoms with van der Waals surface area (Å²) in [6.07, 6.45) is 0. The summed E-state index contributed by atoms with van der Waals surface area (Å²) in [5.41, 5.74) is 1.14. The van der Waals surface area contributed by atoms with E-state index in [9.17, 15) is 14.0 Å². The molecule has 0 aliphatic heterocycles. The van der Waals surface area contributed by atoms with Crippen LogP contribution in [0.1, 0.15) is 21.0 Å². The van der Waals surface area contributed by atoms with Crippen LogP contribution < -0.4 is 10.6 Å². The zero-order valence-corrected chi connectivity index (χ0v) is 14.1. The number of carbonyl (C=O) groups is 2. The van der Waals surface area contributed by atoms with Gasteiger partial charge in [-0.25, -0.2) is 9.37 Å². The Morgan fingerprint density at radius 1 is 0.769 bits per heavy atom. The van der Waals surface area contributed by atoms with E-state index in [0.717, 1.165) is 0 Å². The van der Waals surface area contributed by atoms with E-state index in [0.29, 0.717) is 16.4 Å². The quantitative estimate of drug-likeness (QED) is 0.717.